The van der Waals surface area contributed by atoms with Gasteiger partial charge in [0.15, 0.2) is 28.8 Å². The summed E-state index contributed by atoms with van der Waals surface area (Å²) in [4.78, 5) is 25.2. The molecule has 3 aromatic rings. The van der Waals surface area contributed by atoms with E-state index in [0.29, 0.717) is 17.2 Å². The van der Waals surface area contributed by atoms with Crippen molar-refractivity contribution < 1.29 is 33.0 Å². The largest absolute Gasteiger partial charge is 0.493 e. The normalized spacial score (nSPS) is 11.7. The summed E-state index contributed by atoms with van der Waals surface area (Å²) in [6.07, 6.45) is 1.39. The zero-order chi connectivity index (χ0) is 21.1. The molecule has 0 aliphatic carbocycles. The number of anilines is 2. The fourth-order valence-electron chi connectivity index (χ4n) is 2.96. The van der Waals surface area contributed by atoms with Crippen LogP contribution in [0.2, 0.25) is 0 Å². The number of nitrogens with one attached hydrogen (secondary N) is 2. The number of ether oxygens (including phenoxy) is 4. The molecule has 0 fully saturated rings. The third-order valence-corrected chi connectivity index (χ3v) is 4.36. The summed E-state index contributed by atoms with van der Waals surface area (Å²) < 4.78 is 26.4. The minimum atomic E-state index is -0.492. The molecule has 154 valence electrons. The summed E-state index contributed by atoms with van der Waals surface area (Å²) >= 11 is 0. The monoisotopic (exact) mass is 410 g/mol. The molecule has 1 aliphatic heterocycles. The molecule has 9 nitrogen and oxygen atoms in total. The topological polar surface area (TPSA) is 108 Å². The van der Waals surface area contributed by atoms with Crippen LogP contribution in [0.3, 0.4) is 0 Å². The van der Waals surface area contributed by atoms with Crippen LogP contribution in [0.15, 0.2) is 53.1 Å². The second-order valence-electron chi connectivity index (χ2n) is 6.21. The van der Waals surface area contributed by atoms with E-state index < -0.39 is 11.8 Å². The average Bonchev–Trinajstić information content (AvgIpc) is 3.44. The second kappa shape index (κ2) is 8.08. The van der Waals surface area contributed by atoms with Gasteiger partial charge in [-0.1, -0.05) is 0 Å². The Kier molecular flexibility index (Phi) is 5.17. The first-order chi connectivity index (χ1) is 14.6. The first-order valence-corrected chi connectivity index (χ1v) is 8.91. The number of amides is 2. The lowest BCUT2D eigenvalue weighted by atomic mass is 10.1. The van der Waals surface area contributed by atoms with Crippen molar-refractivity contribution in [2.45, 2.75) is 0 Å². The Morgan fingerprint density at radius 3 is 2.50 bits per heavy atom. The minimum Gasteiger partial charge on any atom is -0.493 e. The summed E-state index contributed by atoms with van der Waals surface area (Å²) in [6.45, 7) is 0.140. The predicted octanol–water partition coefficient (Wildman–Crippen LogP) is 3.53. The molecule has 0 saturated heterocycles. The van der Waals surface area contributed by atoms with E-state index in [4.69, 9.17) is 23.4 Å². The van der Waals surface area contributed by atoms with E-state index in [-0.39, 0.29) is 35.3 Å². The Morgan fingerprint density at radius 1 is 0.933 bits per heavy atom. The van der Waals surface area contributed by atoms with E-state index in [0.717, 1.165) is 0 Å². The molecule has 1 aliphatic rings. The van der Waals surface area contributed by atoms with Gasteiger partial charge in [0, 0.05) is 17.3 Å². The average molecular weight is 410 g/mol. The smallest absolute Gasteiger partial charge is 0.291 e. The standard InChI is InChI=1S/C21H18N2O7/c1-26-18-9-12(20(24)22-13-5-6-15-17(10-13)30-11-29-15)8-14(19(18)27-2)23-21(25)16-4-3-7-28-16/h3-10H,11H2,1-2H3,(H,22,24)(H,23,25). The lowest BCUT2D eigenvalue weighted by Gasteiger charge is -2.15. The van der Waals surface area contributed by atoms with Crippen molar-refractivity contribution >= 4 is 23.2 Å². The molecule has 2 amide bonds. The minimum absolute atomic E-state index is 0.117. The van der Waals surface area contributed by atoms with Crippen molar-refractivity contribution in [3.05, 3.63) is 60.1 Å². The molecular weight excluding hydrogens is 392 g/mol. The molecule has 0 spiro atoms. The predicted molar refractivity (Wildman–Crippen MR) is 107 cm³/mol. The lowest BCUT2D eigenvalue weighted by Crippen LogP contribution is -2.15. The van der Waals surface area contributed by atoms with Crippen LogP contribution in [-0.4, -0.2) is 32.8 Å². The van der Waals surface area contributed by atoms with Gasteiger partial charge >= 0.3 is 0 Å². The number of carbonyl (C=O) groups is 2. The number of hydrogen-bond acceptors (Lipinski definition) is 7. The molecule has 0 bridgehead atoms. The summed E-state index contributed by atoms with van der Waals surface area (Å²) in [5, 5.41) is 5.46. The first-order valence-electron chi connectivity index (χ1n) is 8.91. The van der Waals surface area contributed by atoms with E-state index >= 15 is 0 Å². The highest BCUT2D eigenvalue weighted by molar-refractivity contribution is 6.08. The van der Waals surface area contributed by atoms with Crippen molar-refractivity contribution in [2.24, 2.45) is 0 Å². The van der Waals surface area contributed by atoms with E-state index in [9.17, 15) is 9.59 Å². The van der Waals surface area contributed by atoms with Crippen molar-refractivity contribution in [1.29, 1.82) is 0 Å². The van der Waals surface area contributed by atoms with Gasteiger partial charge in [0.2, 0.25) is 6.79 Å². The Labute approximate surface area is 171 Å². The van der Waals surface area contributed by atoms with Gasteiger partial charge in [-0.25, -0.2) is 0 Å². The van der Waals surface area contributed by atoms with Crippen LogP contribution >= 0.6 is 0 Å². The van der Waals surface area contributed by atoms with Crippen LogP contribution in [0.5, 0.6) is 23.0 Å². The molecule has 0 atom stereocenters. The lowest BCUT2D eigenvalue weighted by molar-refractivity contribution is 0.0992. The quantitative estimate of drug-likeness (QED) is 0.640. The Morgan fingerprint density at radius 2 is 1.77 bits per heavy atom. The number of fused-ring (bicyclic) bond motifs is 1. The molecule has 30 heavy (non-hydrogen) atoms. The molecule has 9 heteroatoms. The molecule has 2 aromatic carbocycles. The van der Waals surface area contributed by atoms with Gasteiger partial charge in [-0.15, -0.1) is 0 Å². The van der Waals surface area contributed by atoms with Crippen LogP contribution in [0.1, 0.15) is 20.9 Å². The Bertz CT molecular complexity index is 1090. The number of benzene rings is 2. The second-order valence-corrected chi connectivity index (χ2v) is 6.21. The number of furan rings is 1. The van der Waals surface area contributed by atoms with E-state index in [1.54, 1.807) is 24.3 Å². The number of carbonyl (C=O) groups excluding carboxylic acids is 2. The molecule has 2 N–H and O–H groups in total. The Balaban J connectivity index is 1.62. The van der Waals surface area contributed by atoms with Gasteiger partial charge in [-0.2, -0.15) is 0 Å². The third kappa shape index (κ3) is 3.72. The van der Waals surface area contributed by atoms with Crippen molar-refractivity contribution in [1.82, 2.24) is 0 Å². The highest BCUT2D eigenvalue weighted by Gasteiger charge is 2.20. The summed E-state index contributed by atoms with van der Waals surface area (Å²) in [7, 11) is 2.88. The molecule has 2 heterocycles. The SMILES string of the molecule is COc1cc(C(=O)Nc2ccc3c(c2)OCO3)cc(NC(=O)c2ccco2)c1OC. The maximum Gasteiger partial charge on any atom is 0.291 e. The molecule has 0 saturated carbocycles. The number of rotatable bonds is 6. The fourth-order valence-corrected chi connectivity index (χ4v) is 2.96. The van der Waals surface area contributed by atoms with Gasteiger partial charge in [0.05, 0.1) is 26.2 Å². The van der Waals surface area contributed by atoms with Gasteiger partial charge in [-0.3, -0.25) is 9.59 Å². The maximum absolute atomic E-state index is 12.8. The van der Waals surface area contributed by atoms with Crippen molar-refractivity contribution in [3.63, 3.8) is 0 Å². The fraction of sp³-hybridized carbons (Fsp3) is 0.143. The third-order valence-electron chi connectivity index (χ3n) is 4.36. The van der Waals surface area contributed by atoms with E-state index in [1.807, 2.05) is 0 Å². The van der Waals surface area contributed by atoms with Crippen LogP contribution in [0, 0.1) is 0 Å². The maximum atomic E-state index is 12.8. The van der Waals surface area contributed by atoms with Gasteiger partial charge in [0.25, 0.3) is 11.8 Å². The molecular formula is C21H18N2O7. The highest BCUT2D eigenvalue weighted by atomic mass is 16.7. The summed E-state index contributed by atoms with van der Waals surface area (Å²) in [6, 6.07) is 11.2. The molecule has 0 unspecified atom stereocenters. The van der Waals surface area contributed by atoms with Crippen LogP contribution in [0.25, 0.3) is 0 Å². The number of methoxy groups -OCH3 is 2. The van der Waals surface area contributed by atoms with Crippen molar-refractivity contribution in [2.75, 3.05) is 31.6 Å². The summed E-state index contributed by atoms with van der Waals surface area (Å²) in [5.41, 5.74) is 1.04. The Hall–Kier alpha value is -4.14. The molecule has 0 radical (unpaired) electrons. The van der Waals surface area contributed by atoms with Gasteiger partial charge in [0.1, 0.15) is 0 Å². The van der Waals surface area contributed by atoms with Crippen molar-refractivity contribution in [3.8, 4) is 23.0 Å². The van der Waals surface area contributed by atoms with E-state index in [2.05, 4.69) is 10.6 Å². The molecule has 4 rings (SSSR count). The van der Waals surface area contributed by atoms with E-state index in [1.165, 1.54) is 38.7 Å². The highest BCUT2D eigenvalue weighted by Crippen LogP contribution is 2.38. The van der Waals surface area contributed by atoms with Crippen LogP contribution < -0.4 is 29.6 Å². The zero-order valence-electron chi connectivity index (χ0n) is 16.2. The first kappa shape index (κ1) is 19.2. The van der Waals surface area contributed by atoms with Crippen LogP contribution in [-0.2, 0) is 0 Å². The summed E-state index contributed by atoms with van der Waals surface area (Å²) in [5.74, 6) is 0.930. The zero-order valence-corrected chi connectivity index (χ0v) is 16.2. The van der Waals surface area contributed by atoms with Gasteiger partial charge < -0.3 is 34.0 Å². The van der Waals surface area contributed by atoms with Gasteiger partial charge in [-0.05, 0) is 36.4 Å². The number of hydrogen-bond donors (Lipinski definition) is 2. The van der Waals surface area contributed by atoms with Crippen LogP contribution in [0.4, 0.5) is 11.4 Å². The molecule has 1 aromatic heterocycles.